The summed E-state index contributed by atoms with van der Waals surface area (Å²) in [5, 5.41) is 3.08. The second kappa shape index (κ2) is 6.88. The first-order chi connectivity index (χ1) is 11.6. The SMILES string of the molecule is COC(=O)c1cnc(NC(=O)C2COc3cc(OC)ccc3C2)s1. The fraction of sp³-hybridized carbons (Fsp3) is 0.312. The number of anilines is 1. The molecule has 3 rings (SSSR count). The molecule has 1 aliphatic heterocycles. The van der Waals surface area contributed by atoms with Crippen LogP contribution in [-0.4, -0.2) is 37.7 Å². The third kappa shape index (κ3) is 3.33. The number of methoxy groups -OCH3 is 2. The highest BCUT2D eigenvalue weighted by atomic mass is 32.1. The van der Waals surface area contributed by atoms with Crippen LogP contribution in [0.15, 0.2) is 24.4 Å². The van der Waals surface area contributed by atoms with Crippen molar-refractivity contribution >= 4 is 28.3 Å². The molecule has 1 aromatic heterocycles. The summed E-state index contributed by atoms with van der Waals surface area (Å²) in [5.74, 6) is 0.464. The Morgan fingerprint density at radius 3 is 2.96 bits per heavy atom. The maximum atomic E-state index is 12.4. The number of rotatable bonds is 4. The van der Waals surface area contributed by atoms with Crippen molar-refractivity contribution in [3.8, 4) is 11.5 Å². The molecule has 1 aliphatic rings. The molecule has 2 aromatic rings. The molecule has 1 amide bonds. The second-order valence-electron chi connectivity index (χ2n) is 5.20. The Kier molecular flexibility index (Phi) is 4.66. The average Bonchev–Trinajstić information content (AvgIpc) is 3.08. The number of nitrogens with one attached hydrogen (secondary N) is 1. The van der Waals surface area contributed by atoms with Gasteiger partial charge in [-0.3, -0.25) is 4.79 Å². The van der Waals surface area contributed by atoms with Gasteiger partial charge in [-0.1, -0.05) is 17.4 Å². The van der Waals surface area contributed by atoms with Crippen molar-refractivity contribution in [2.24, 2.45) is 5.92 Å². The van der Waals surface area contributed by atoms with E-state index in [-0.39, 0.29) is 18.4 Å². The van der Waals surface area contributed by atoms with Crippen LogP contribution in [0, 0.1) is 5.92 Å². The van der Waals surface area contributed by atoms with Gasteiger partial charge >= 0.3 is 5.97 Å². The highest BCUT2D eigenvalue weighted by Gasteiger charge is 2.27. The van der Waals surface area contributed by atoms with Crippen LogP contribution in [0.3, 0.4) is 0 Å². The zero-order valence-electron chi connectivity index (χ0n) is 13.2. The summed E-state index contributed by atoms with van der Waals surface area (Å²) in [5.41, 5.74) is 0.955. The number of amides is 1. The molecule has 0 spiro atoms. The molecule has 2 heterocycles. The molecule has 126 valence electrons. The van der Waals surface area contributed by atoms with Crippen LogP contribution in [0.4, 0.5) is 5.13 Å². The molecule has 24 heavy (non-hydrogen) atoms. The number of hydrogen-bond donors (Lipinski definition) is 1. The molecule has 7 nitrogen and oxygen atoms in total. The summed E-state index contributed by atoms with van der Waals surface area (Å²) in [6.07, 6.45) is 1.95. The highest BCUT2D eigenvalue weighted by Crippen LogP contribution is 2.31. The number of esters is 1. The Hall–Kier alpha value is -2.61. The minimum atomic E-state index is -0.475. The van der Waals surface area contributed by atoms with Crippen LogP contribution < -0.4 is 14.8 Å². The lowest BCUT2D eigenvalue weighted by molar-refractivity contribution is -0.121. The molecule has 1 N–H and O–H groups in total. The second-order valence-corrected chi connectivity index (χ2v) is 6.23. The molecule has 1 atom stereocenters. The van der Waals surface area contributed by atoms with E-state index in [1.807, 2.05) is 18.2 Å². The lowest BCUT2D eigenvalue weighted by Gasteiger charge is -2.24. The van der Waals surface area contributed by atoms with E-state index in [1.54, 1.807) is 7.11 Å². The molecule has 0 radical (unpaired) electrons. The van der Waals surface area contributed by atoms with Crippen molar-refractivity contribution in [2.45, 2.75) is 6.42 Å². The Morgan fingerprint density at radius 1 is 1.38 bits per heavy atom. The Morgan fingerprint density at radius 2 is 2.21 bits per heavy atom. The molecule has 0 bridgehead atoms. The van der Waals surface area contributed by atoms with E-state index in [9.17, 15) is 9.59 Å². The molecule has 1 aromatic carbocycles. The van der Waals surface area contributed by atoms with Gasteiger partial charge in [0.15, 0.2) is 5.13 Å². The predicted molar refractivity (Wildman–Crippen MR) is 87.8 cm³/mol. The normalized spacial score (nSPS) is 15.8. The predicted octanol–water partition coefficient (Wildman–Crippen LogP) is 2.13. The van der Waals surface area contributed by atoms with E-state index >= 15 is 0 Å². The number of thiazole rings is 1. The number of ether oxygens (including phenoxy) is 3. The van der Waals surface area contributed by atoms with Crippen LogP contribution in [-0.2, 0) is 16.0 Å². The van der Waals surface area contributed by atoms with Gasteiger partial charge in [0.2, 0.25) is 5.91 Å². The van der Waals surface area contributed by atoms with Gasteiger partial charge in [-0.2, -0.15) is 0 Å². The van der Waals surface area contributed by atoms with Gasteiger partial charge in [-0.15, -0.1) is 0 Å². The van der Waals surface area contributed by atoms with Crippen molar-refractivity contribution in [3.63, 3.8) is 0 Å². The first-order valence-electron chi connectivity index (χ1n) is 7.25. The first kappa shape index (κ1) is 16.3. The van der Waals surface area contributed by atoms with E-state index in [0.717, 1.165) is 28.4 Å². The van der Waals surface area contributed by atoms with Crippen molar-refractivity contribution in [3.05, 3.63) is 34.8 Å². The topological polar surface area (TPSA) is 86.8 Å². The summed E-state index contributed by atoms with van der Waals surface area (Å²) < 4.78 is 15.4. The van der Waals surface area contributed by atoms with Gasteiger partial charge in [0.1, 0.15) is 23.0 Å². The van der Waals surface area contributed by atoms with E-state index in [4.69, 9.17) is 9.47 Å². The zero-order chi connectivity index (χ0) is 17.1. The van der Waals surface area contributed by atoms with Crippen molar-refractivity contribution in [2.75, 3.05) is 26.1 Å². The van der Waals surface area contributed by atoms with Crippen molar-refractivity contribution in [1.82, 2.24) is 4.98 Å². The smallest absolute Gasteiger partial charge is 0.349 e. The molecular formula is C16H16N2O5S. The van der Waals surface area contributed by atoms with Crippen LogP contribution in [0.1, 0.15) is 15.2 Å². The van der Waals surface area contributed by atoms with Crippen molar-refractivity contribution < 1.29 is 23.8 Å². The molecule has 0 saturated heterocycles. The Balaban J connectivity index is 1.66. The van der Waals surface area contributed by atoms with Gasteiger partial charge in [-0.25, -0.2) is 9.78 Å². The molecule has 0 aliphatic carbocycles. The number of carbonyl (C=O) groups excluding carboxylic acids is 2. The summed E-state index contributed by atoms with van der Waals surface area (Å²) >= 11 is 1.07. The molecule has 0 saturated carbocycles. The number of nitrogens with zero attached hydrogens (tertiary/aromatic N) is 1. The average molecular weight is 348 g/mol. The Bertz CT molecular complexity index is 774. The third-order valence-electron chi connectivity index (χ3n) is 3.67. The highest BCUT2D eigenvalue weighted by molar-refractivity contribution is 7.17. The number of hydrogen-bond acceptors (Lipinski definition) is 7. The Labute approximate surface area is 142 Å². The van der Waals surface area contributed by atoms with Gasteiger partial charge in [0.05, 0.1) is 26.3 Å². The van der Waals surface area contributed by atoms with Crippen LogP contribution >= 0.6 is 11.3 Å². The largest absolute Gasteiger partial charge is 0.497 e. The van der Waals surface area contributed by atoms with E-state index in [1.165, 1.54) is 13.3 Å². The molecular weight excluding hydrogens is 332 g/mol. The fourth-order valence-corrected chi connectivity index (χ4v) is 3.12. The maximum absolute atomic E-state index is 12.4. The molecule has 0 fully saturated rings. The number of benzene rings is 1. The maximum Gasteiger partial charge on any atom is 0.349 e. The standard InChI is InChI=1S/C16H16N2O5S/c1-21-11-4-3-9-5-10(8-23-12(9)6-11)14(19)18-16-17-7-13(24-16)15(20)22-2/h3-4,6-7,10H,5,8H2,1-2H3,(H,17,18,19). The van der Waals surface area contributed by atoms with E-state index < -0.39 is 5.97 Å². The quantitative estimate of drug-likeness (QED) is 0.852. The zero-order valence-corrected chi connectivity index (χ0v) is 14.0. The van der Waals surface area contributed by atoms with Crippen LogP contribution in [0.5, 0.6) is 11.5 Å². The van der Waals surface area contributed by atoms with Gasteiger partial charge < -0.3 is 19.5 Å². The fourth-order valence-electron chi connectivity index (χ4n) is 2.38. The van der Waals surface area contributed by atoms with Gasteiger partial charge in [0, 0.05) is 6.07 Å². The summed E-state index contributed by atoms with van der Waals surface area (Å²) in [6, 6.07) is 5.55. The number of carbonyl (C=O) groups is 2. The van der Waals surface area contributed by atoms with Crippen LogP contribution in [0.2, 0.25) is 0 Å². The van der Waals surface area contributed by atoms with Gasteiger partial charge in [0.25, 0.3) is 0 Å². The summed E-state index contributed by atoms with van der Waals surface area (Å²) in [6.45, 7) is 0.279. The molecule has 8 heteroatoms. The van der Waals surface area contributed by atoms with E-state index in [0.29, 0.717) is 16.4 Å². The lowest BCUT2D eigenvalue weighted by atomic mass is 9.96. The minimum Gasteiger partial charge on any atom is -0.497 e. The molecule has 1 unspecified atom stereocenters. The van der Waals surface area contributed by atoms with E-state index in [2.05, 4.69) is 15.0 Å². The van der Waals surface area contributed by atoms with Crippen molar-refractivity contribution in [1.29, 1.82) is 0 Å². The van der Waals surface area contributed by atoms with Gasteiger partial charge in [-0.05, 0) is 18.1 Å². The van der Waals surface area contributed by atoms with Crippen LogP contribution in [0.25, 0.3) is 0 Å². The monoisotopic (exact) mass is 348 g/mol. The number of aromatic nitrogens is 1. The first-order valence-corrected chi connectivity index (χ1v) is 8.07. The number of fused-ring (bicyclic) bond motifs is 1. The minimum absolute atomic E-state index is 0.192. The summed E-state index contributed by atoms with van der Waals surface area (Å²) in [4.78, 5) is 28.1. The summed E-state index contributed by atoms with van der Waals surface area (Å²) in [7, 11) is 2.89. The third-order valence-corrected chi connectivity index (χ3v) is 4.57. The lowest BCUT2D eigenvalue weighted by Crippen LogP contribution is -2.32.